The fraction of sp³-hybridized carbons (Fsp3) is 0.389. The van der Waals surface area contributed by atoms with Gasteiger partial charge in [0.05, 0.1) is 5.56 Å². The van der Waals surface area contributed by atoms with Crippen LogP contribution in [-0.4, -0.2) is 60.3 Å². The van der Waals surface area contributed by atoms with Crippen LogP contribution in [0.5, 0.6) is 11.5 Å². The molecule has 0 bridgehead atoms. The molecular formula is C18H21N5O3. The molecule has 2 aromatic rings. The number of amides is 1. The maximum Gasteiger partial charge on any atom is 0.258 e. The lowest BCUT2D eigenvalue weighted by atomic mass is 10.2. The number of fused-ring (bicyclic) bond motifs is 1. The summed E-state index contributed by atoms with van der Waals surface area (Å²) in [5, 5.41) is 2.83. The molecule has 1 aromatic carbocycles. The van der Waals surface area contributed by atoms with Gasteiger partial charge in [-0.1, -0.05) is 6.92 Å². The van der Waals surface area contributed by atoms with Crippen molar-refractivity contribution in [3.05, 3.63) is 36.2 Å². The van der Waals surface area contributed by atoms with Gasteiger partial charge in [0.15, 0.2) is 11.5 Å². The third-order valence-electron chi connectivity index (χ3n) is 4.63. The van der Waals surface area contributed by atoms with Crippen molar-refractivity contribution in [2.45, 2.75) is 6.92 Å². The zero-order valence-electron chi connectivity index (χ0n) is 14.6. The minimum absolute atomic E-state index is 0.203. The van der Waals surface area contributed by atoms with Crippen LogP contribution in [0.3, 0.4) is 0 Å². The number of hydrogen-bond acceptors (Lipinski definition) is 7. The number of carbonyl (C=O) groups excluding carboxylic acids is 1. The Morgan fingerprint density at radius 3 is 2.58 bits per heavy atom. The number of rotatable bonds is 4. The van der Waals surface area contributed by atoms with E-state index in [0.29, 0.717) is 28.7 Å². The third kappa shape index (κ3) is 3.41. The summed E-state index contributed by atoms with van der Waals surface area (Å²) in [6, 6.07) is 5.28. The molecule has 1 saturated heterocycles. The highest BCUT2D eigenvalue weighted by Crippen LogP contribution is 2.34. The van der Waals surface area contributed by atoms with Crippen molar-refractivity contribution >= 4 is 17.5 Å². The topological polar surface area (TPSA) is 79.8 Å². The first-order valence-corrected chi connectivity index (χ1v) is 8.73. The molecule has 1 aromatic heterocycles. The minimum Gasteiger partial charge on any atom is -0.454 e. The molecule has 8 nitrogen and oxygen atoms in total. The lowest BCUT2D eigenvalue weighted by Gasteiger charge is -2.33. The quantitative estimate of drug-likeness (QED) is 0.892. The van der Waals surface area contributed by atoms with E-state index in [0.717, 1.165) is 32.7 Å². The average Bonchev–Trinajstić information content (AvgIpc) is 3.16. The molecule has 1 amide bonds. The lowest BCUT2D eigenvalue weighted by molar-refractivity contribution is 0.102. The van der Waals surface area contributed by atoms with E-state index < -0.39 is 0 Å². The number of piperazine rings is 1. The van der Waals surface area contributed by atoms with Crippen LogP contribution >= 0.6 is 0 Å². The van der Waals surface area contributed by atoms with Crippen LogP contribution in [-0.2, 0) is 0 Å². The summed E-state index contributed by atoms with van der Waals surface area (Å²) in [5.74, 6) is 1.71. The highest BCUT2D eigenvalue weighted by molar-refractivity contribution is 6.04. The molecule has 136 valence electrons. The summed E-state index contributed by atoms with van der Waals surface area (Å²) in [6.07, 6.45) is 3.13. The van der Waals surface area contributed by atoms with E-state index in [4.69, 9.17) is 9.47 Å². The highest BCUT2D eigenvalue weighted by atomic mass is 16.7. The molecule has 2 aliphatic heterocycles. The van der Waals surface area contributed by atoms with Gasteiger partial charge in [-0.2, -0.15) is 0 Å². The van der Waals surface area contributed by atoms with Crippen molar-refractivity contribution in [2.75, 3.05) is 49.7 Å². The van der Waals surface area contributed by atoms with Crippen molar-refractivity contribution in [2.24, 2.45) is 0 Å². The van der Waals surface area contributed by atoms with Gasteiger partial charge in [0, 0.05) is 50.3 Å². The van der Waals surface area contributed by atoms with Gasteiger partial charge < -0.3 is 24.6 Å². The number of aromatic nitrogens is 2. The van der Waals surface area contributed by atoms with E-state index in [2.05, 4.69) is 32.0 Å². The summed E-state index contributed by atoms with van der Waals surface area (Å²) < 4.78 is 10.6. The van der Waals surface area contributed by atoms with Crippen LogP contribution in [0, 0.1) is 0 Å². The molecule has 8 heteroatoms. The Bertz CT molecular complexity index is 788. The lowest BCUT2D eigenvalue weighted by Crippen LogP contribution is -2.46. The van der Waals surface area contributed by atoms with Crippen molar-refractivity contribution in [3.8, 4) is 11.5 Å². The molecule has 26 heavy (non-hydrogen) atoms. The van der Waals surface area contributed by atoms with Crippen LogP contribution < -0.4 is 19.7 Å². The first-order valence-electron chi connectivity index (χ1n) is 8.73. The largest absolute Gasteiger partial charge is 0.454 e. The maximum atomic E-state index is 12.4. The molecule has 0 atom stereocenters. The number of nitrogens with one attached hydrogen (secondary N) is 1. The summed E-state index contributed by atoms with van der Waals surface area (Å²) >= 11 is 0. The van der Waals surface area contributed by atoms with Crippen molar-refractivity contribution in [3.63, 3.8) is 0 Å². The van der Waals surface area contributed by atoms with E-state index in [-0.39, 0.29) is 12.7 Å². The van der Waals surface area contributed by atoms with E-state index in [1.54, 1.807) is 30.6 Å². The molecule has 3 heterocycles. The Labute approximate surface area is 151 Å². The van der Waals surface area contributed by atoms with Gasteiger partial charge in [-0.25, -0.2) is 9.97 Å². The zero-order valence-corrected chi connectivity index (χ0v) is 14.6. The van der Waals surface area contributed by atoms with Crippen molar-refractivity contribution in [1.82, 2.24) is 14.9 Å². The van der Waals surface area contributed by atoms with E-state index >= 15 is 0 Å². The number of likely N-dealkylation sites (N-methyl/N-ethyl adjacent to an activating group) is 1. The number of carbonyl (C=O) groups is 1. The van der Waals surface area contributed by atoms with Gasteiger partial charge in [0.2, 0.25) is 12.7 Å². The van der Waals surface area contributed by atoms with Crippen LogP contribution in [0.25, 0.3) is 0 Å². The predicted molar refractivity (Wildman–Crippen MR) is 96.9 cm³/mol. The van der Waals surface area contributed by atoms with E-state index in [9.17, 15) is 4.79 Å². The number of anilines is 2. The third-order valence-corrected chi connectivity index (χ3v) is 4.63. The summed E-state index contributed by atoms with van der Waals surface area (Å²) in [4.78, 5) is 25.7. The van der Waals surface area contributed by atoms with Crippen molar-refractivity contribution < 1.29 is 14.3 Å². The summed E-state index contributed by atoms with van der Waals surface area (Å²) in [6.45, 7) is 7.24. The Morgan fingerprint density at radius 2 is 1.85 bits per heavy atom. The first kappa shape index (κ1) is 16.6. The Morgan fingerprint density at radius 1 is 1.12 bits per heavy atom. The van der Waals surface area contributed by atoms with Gasteiger partial charge in [-0.05, 0) is 18.7 Å². The average molecular weight is 355 g/mol. The molecule has 0 spiro atoms. The Hall–Kier alpha value is -2.87. The monoisotopic (exact) mass is 355 g/mol. The molecule has 0 saturated carbocycles. The number of ether oxygens (including phenoxy) is 2. The summed E-state index contributed by atoms with van der Waals surface area (Å²) in [5.41, 5.74) is 1.05. The highest BCUT2D eigenvalue weighted by Gasteiger charge is 2.19. The molecule has 0 unspecified atom stereocenters. The predicted octanol–water partition coefficient (Wildman–Crippen LogP) is 1.60. The number of benzene rings is 1. The van der Waals surface area contributed by atoms with E-state index in [1.807, 2.05) is 0 Å². The number of nitrogens with zero attached hydrogens (tertiary/aromatic N) is 4. The van der Waals surface area contributed by atoms with Gasteiger partial charge in [-0.3, -0.25) is 4.79 Å². The molecule has 4 rings (SSSR count). The Kier molecular flexibility index (Phi) is 4.57. The second-order valence-electron chi connectivity index (χ2n) is 6.22. The zero-order chi connectivity index (χ0) is 17.9. The van der Waals surface area contributed by atoms with Crippen LogP contribution in [0.15, 0.2) is 30.6 Å². The number of hydrogen-bond donors (Lipinski definition) is 1. The second kappa shape index (κ2) is 7.17. The fourth-order valence-corrected chi connectivity index (χ4v) is 3.04. The maximum absolute atomic E-state index is 12.4. The standard InChI is InChI=1S/C18H21N5O3/c1-2-22-5-7-23(8-6-22)18-19-10-13(11-20-18)17(24)21-14-3-4-15-16(9-14)26-12-25-15/h3-4,9-11H,2,5-8,12H2,1H3,(H,21,24). The second-order valence-corrected chi connectivity index (χ2v) is 6.22. The van der Waals surface area contributed by atoms with E-state index in [1.165, 1.54) is 0 Å². The van der Waals surface area contributed by atoms with Crippen molar-refractivity contribution in [1.29, 1.82) is 0 Å². The molecule has 0 aliphatic carbocycles. The molecule has 0 radical (unpaired) electrons. The SMILES string of the molecule is CCN1CCN(c2ncc(C(=O)Nc3ccc4c(c3)OCO4)cn2)CC1. The summed E-state index contributed by atoms with van der Waals surface area (Å²) in [7, 11) is 0. The molecule has 1 N–H and O–H groups in total. The van der Waals surface area contributed by atoms with Gasteiger partial charge >= 0.3 is 0 Å². The van der Waals surface area contributed by atoms with Gasteiger partial charge in [-0.15, -0.1) is 0 Å². The van der Waals surface area contributed by atoms with Gasteiger partial charge in [0.1, 0.15) is 0 Å². The first-order chi connectivity index (χ1) is 12.7. The Balaban J connectivity index is 1.39. The fourth-order valence-electron chi connectivity index (χ4n) is 3.04. The molecule has 1 fully saturated rings. The van der Waals surface area contributed by atoms with Crippen LogP contribution in [0.1, 0.15) is 17.3 Å². The molecular weight excluding hydrogens is 334 g/mol. The minimum atomic E-state index is -0.258. The smallest absolute Gasteiger partial charge is 0.258 e. The van der Waals surface area contributed by atoms with Crippen LogP contribution in [0.4, 0.5) is 11.6 Å². The normalized spacial score (nSPS) is 16.6. The molecule has 2 aliphatic rings. The van der Waals surface area contributed by atoms with Gasteiger partial charge in [0.25, 0.3) is 5.91 Å². The van der Waals surface area contributed by atoms with Crippen LogP contribution in [0.2, 0.25) is 0 Å².